The third kappa shape index (κ3) is 2.16. The Kier molecular flexibility index (Phi) is 3.56. The lowest BCUT2D eigenvalue weighted by Crippen LogP contribution is -2.27. The smallest absolute Gasteiger partial charge is 0.0513 e. The number of nitrogens with one attached hydrogen (secondary N) is 1. The molecule has 2 atom stereocenters. The molecule has 0 amide bonds. The lowest BCUT2D eigenvalue weighted by atomic mass is 9.98. The molecule has 0 aliphatic carbocycles. The SMILES string of the molecule is CCNC(c1cccs1)C1CCOC1. The van der Waals surface area contributed by atoms with Crippen LogP contribution in [0.4, 0.5) is 0 Å². The van der Waals surface area contributed by atoms with Gasteiger partial charge in [-0.3, -0.25) is 0 Å². The van der Waals surface area contributed by atoms with E-state index in [2.05, 4.69) is 29.8 Å². The van der Waals surface area contributed by atoms with Crippen LogP contribution in [0, 0.1) is 5.92 Å². The summed E-state index contributed by atoms with van der Waals surface area (Å²) in [5, 5.41) is 5.71. The Bertz CT molecular complexity index is 254. The molecule has 0 spiro atoms. The Balaban J connectivity index is 2.06. The maximum atomic E-state index is 5.45. The first kappa shape index (κ1) is 10.1. The predicted octanol–water partition coefficient (Wildman–Crippen LogP) is 2.44. The average Bonchev–Trinajstić information content (AvgIpc) is 2.87. The Morgan fingerprint density at radius 1 is 1.71 bits per heavy atom. The van der Waals surface area contributed by atoms with Crippen LogP contribution in [-0.2, 0) is 4.74 Å². The zero-order valence-corrected chi connectivity index (χ0v) is 9.35. The average molecular weight is 211 g/mol. The fourth-order valence-corrected chi connectivity index (χ4v) is 2.90. The molecule has 2 nitrogen and oxygen atoms in total. The van der Waals surface area contributed by atoms with Crippen molar-refractivity contribution in [2.45, 2.75) is 19.4 Å². The van der Waals surface area contributed by atoms with E-state index in [9.17, 15) is 0 Å². The fourth-order valence-electron chi connectivity index (χ4n) is 2.00. The van der Waals surface area contributed by atoms with Crippen molar-refractivity contribution in [3.63, 3.8) is 0 Å². The van der Waals surface area contributed by atoms with E-state index in [0.717, 1.165) is 19.8 Å². The van der Waals surface area contributed by atoms with Gasteiger partial charge in [0.15, 0.2) is 0 Å². The maximum absolute atomic E-state index is 5.45. The Labute approximate surface area is 89.3 Å². The van der Waals surface area contributed by atoms with Gasteiger partial charge in [-0.1, -0.05) is 13.0 Å². The van der Waals surface area contributed by atoms with Crippen molar-refractivity contribution in [1.82, 2.24) is 5.32 Å². The molecule has 1 saturated heterocycles. The monoisotopic (exact) mass is 211 g/mol. The third-order valence-electron chi connectivity index (χ3n) is 2.71. The molecule has 2 unspecified atom stereocenters. The lowest BCUT2D eigenvalue weighted by Gasteiger charge is -2.21. The third-order valence-corrected chi connectivity index (χ3v) is 3.67. The molecular formula is C11H17NOS. The van der Waals surface area contributed by atoms with E-state index in [-0.39, 0.29) is 0 Å². The zero-order valence-electron chi connectivity index (χ0n) is 8.53. The summed E-state index contributed by atoms with van der Waals surface area (Å²) >= 11 is 1.84. The van der Waals surface area contributed by atoms with Gasteiger partial charge in [0.05, 0.1) is 6.61 Å². The first-order valence-corrected chi connectivity index (χ1v) is 6.14. The van der Waals surface area contributed by atoms with Crippen LogP contribution in [0.3, 0.4) is 0 Å². The molecule has 3 heteroatoms. The molecule has 2 heterocycles. The van der Waals surface area contributed by atoms with E-state index in [1.807, 2.05) is 11.3 Å². The second-order valence-electron chi connectivity index (χ2n) is 3.67. The van der Waals surface area contributed by atoms with Gasteiger partial charge in [-0.05, 0) is 24.4 Å². The van der Waals surface area contributed by atoms with E-state index < -0.39 is 0 Å². The summed E-state index contributed by atoms with van der Waals surface area (Å²) in [6.45, 7) is 5.03. The summed E-state index contributed by atoms with van der Waals surface area (Å²) in [4.78, 5) is 1.45. The second kappa shape index (κ2) is 4.91. The molecule has 1 N–H and O–H groups in total. The minimum absolute atomic E-state index is 0.502. The number of hydrogen-bond donors (Lipinski definition) is 1. The topological polar surface area (TPSA) is 21.3 Å². The normalized spacial score (nSPS) is 23.9. The number of ether oxygens (including phenoxy) is 1. The van der Waals surface area contributed by atoms with E-state index in [0.29, 0.717) is 12.0 Å². The largest absolute Gasteiger partial charge is 0.381 e. The molecule has 1 aromatic heterocycles. The van der Waals surface area contributed by atoms with Gasteiger partial charge >= 0.3 is 0 Å². The standard InChI is InChI=1S/C11H17NOS/c1-2-12-11(9-5-6-13-8-9)10-4-3-7-14-10/h3-4,7,9,11-12H,2,5-6,8H2,1H3. The zero-order chi connectivity index (χ0) is 9.80. The Morgan fingerprint density at radius 2 is 2.64 bits per heavy atom. The summed E-state index contributed by atoms with van der Waals surface area (Å²) in [6.07, 6.45) is 1.19. The molecule has 1 aliphatic heterocycles. The van der Waals surface area contributed by atoms with Crippen LogP contribution in [0.15, 0.2) is 17.5 Å². The minimum atomic E-state index is 0.502. The molecule has 14 heavy (non-hydrogen) atoms. The van der Waals surface area contributed by atoms with Gasteiger partial charge in [-0.25, -0.2) is 0 Å². The molecule has 0 bridgehead atoms. The summed E-state index contributed by atoms with van der Waals surface area (Å²) in [7, 11) is 0. The Hall–Kier alpha value is -0.380. The summed E-state index contributed by atoms with van der Waals surface area (Å²) in [5.41, 5.74) is 0. The van der Waals surface area contributed by atoms with Gasteiger partial charge in [0.25, 0.3) is 0 Å². The van der Waals surface area contributed by atoms with Crippen LogP contribution >= 0.6 is 11.3 Å². The van der Waals surface area contributed by atoms with Gasteiger partial charge in [0, 0.05) is 23.4 Å². The molecule has 2 rings (SSSR count). The minimum Gasteiger partial charge on any atom is -0.381 e. The molecule has 1 aromatic rings. The number of thiophene rings is 1. The van der Waals surface area contributed by atoms with E-state index in [4.69, 9.17) is 4.74 Å². The second-order valence-corrected chi connectivity index (χ2v) is 4.65. The van der Waals surface area contributed by atoms with Crippen LogP contribution in [0.2, 0.25) is 0 Å². The van der Waals surface area contributed by atoms with Crippen LogP contribution in [0.5, 0.6) is 0 Å². The molecule has 78 valence electrons. The first-order valence-electron chi connectivity index (χ1n) is 5.26. The van der Waals surface area contributed by atoms with Crippen molar-refractivity contribution in [1.29, 1.82) is 0 Å². The van der Waals surface area contributed by atoms with Gasteiger partial charge < -0.3 is 10.1 Å². The van der Waals surface area contributed by atoms with Crippen molar-refractivity contribution in [2.75, 3.05) is 19.8 Å². The molecule has 0 aromatic carbocycles. The van der Waals surface area contributed by atoms with Crippen molar-refractivity contribution in [3.8, 4) is 0 Å². The van der Waals surface area contributed by atoms with E-state index >= 15 is 0 Å². The van der Waals surface area contributed by atoms with Crippen molar-refractivity contribution in [2.24, 2.45) is 5.92 Å². The highest BCUT2D eigenvalue weighted by Crippen LogP contribution is 2.31. The van der Waals surface area contributed by atoms with Gasteiger partial charge in [-0.15, -0.1) is 11.3 Å². The van der Waals surface area contributed by atoms with Crippen LogP contribution in [0.1, 0.15) is 24.3 Å². The van der Waals surface area contributed by atoms with Gasteiger partial charge in [0.1, 0.15) is 0 Å². The van der Waals surface area contributed by atoms with Crippen LogP contribution in [0.25, 0.3) is 0 Å². The number of rotatable bonds is 4. The fraction of sp³-hybridized carbons (Fsp3) is 0.636. The highest BCUT2D eigenvalue weighted by atomic mass is 32.1. The summed E-state index contributed by atoms with van der Waals surface area (Å²) in [5.74, 6) is 0.661. The molecule has 0 radical (unpaired) electrons. The van der Waals surface area contributed by atoms with Crippen LogP contribution in [-0.4, -0.2) is 19.8 Å². The summed E-state index contributed by atoms with van der Waals surface area (Å²) < 4.78 is 5.45. The molecular weight excluding hydrogens is 194 g/mol. The van der Waals surface area contributed by atoms with Crippen molar-refractivity contribution >= 4 is 11.3 Å². The van der Waals surface area contributed by atoms with E-state index in [1.54, 1.807) is 0 Å². The van der Waals surface area contributed by atoms with Crippen LogP contribution < -0.4 is 5.32 Å². The van der Waals surface area contributed by atoms with E-state index in [1.165, 1.54) is 11.3 Å². The first-order chi connectivity index (χ1) is 6.92. The highest BCUT2D eigenvalue weighted by Gasteiger charge is 2.26. The Morgan fingerprint density at radius 3 is 3.21 bits per heavy atom. The van der Waals surface area contributed by atoms with Gasteiger partial charge in [0.2, 0.25) is 0 Å². The maximum Gasteiger partial charge on any atom is 0.0513 e. The summed E-state index contributed by atoms with van der Waals surface area (Å²) in [6, 6.07) is 4.85. The van der Waals surface area contributed by atoms with Gasteiger partial charge in [-0.2, -0.15) is 0 Å². The predicted molar refractivity (Wildman–Crippen MR) is 59.7 cm³/mol. The van der Waals surface area contributed by atoms with Crippen molar-refractivity contribution < 1.29 is 4.74 Å². The highest BCUT2D eigenvalue weighted by molar-refractivity contribution is 7.10. The quantitative estimate of drug-likeness (QED) is 0.826. The lowest BCUT2D eigenvalue weighted by molar-refractivity contribution is 0.177. The van der Waals surface area contributed by atoms with Crippen molar-refractivity contribution in [3.05, 3.63) is 22.4 Å². The number of hydrogen-bond acceptors (Lipinski definition) is 3. The molecule has 1 fully saturated rings. The molecule has 0 saturated carbocycles. The molecule has 1 aliphatic rings.